The van der Waals surface area contributed by atoms with Crippen molar-refractivity contribution >= 4 is 5.97 Å². The molecule has 2 aliphatic rings. The second kappa shape index (κ2) is 5.68. The Labute approximate surface area is 125 Å². The molecular weight excluding hydrogens is 266 g/mol. The summed E-state index contributed by atoms with van der Waals surface area (Å²) in [5.41, 5.74) is 2.59. The second-order valence-corrected chi connectivity index (χ2v) is 6.25. The molecule has 1 fully saturated rings. The molecule has 1 N–H and O–H groups in total. The van der Waals surface area contributed by atoms with Gasteiger partial charge in [0, 0.05) is 26.1 Å². The average molecular weight is 289 g/mol. The molecule has 1 saturated heterocycles. The zero-order chi connectivity index (χ0) is 14.9. The number of nitrogens with zero attached hydrogens (tertiary/aromatic N) is 1. The third-order valence-electron chi connectivity index (χ3n) is 4.75. The summed E-state index contributed by atoms with van der Waals surface area (Å²) >= 11 is 0. The van der Waals surface area contributed by atoms with Crippen molar-refractivity contribution in [1.82, 2.24) is 4.90 Å². The lowest BCUT2D eigenvalue weighted by molar-refractivity contribution is -0.137. The van der Waals surface area contributed by atoms with Crippen LogP contribution in [0.2, 0.25) is 0 Å². The predicted octanol–water partition coefficient (Wildman–Crippen LogP) is 2.49. The summed E-state index contributed by atoms with van der Waals surface area (Å²) in [5, 5.41) is 8.80. The Morgan fingerprint density at radius 1 is 1.43 bits per heavy atom. The van der Waals surface area contributed by atoms with E-state index in [1.165, 1.54) is 11.1 Å². The molecule has 1 aromatic rings. The number of hydrogen-bond donors (Lipinski definition) is 1. The van der Waals surface area contributed by atoms with Crippen molar-refractivity contribution in [3.8, 4) is 5.75 Å². The summed E-state index contributed by atoms with van der Waals surface area (Å²) in [6.45, 7) is 4.59. The molecule has 0 saturated carbocycles. The highest BCUT2D eigenvalue weighted by atomic mass is 16.5. The van der Waals surface area contributed by atoms with Crippen LogP contribution in [-0.4, -0.2) is 41.2 Å². The summed E-state index contributed by atoms with van der Waals surface area (Å²) in [4.78, 5) is 12.9. The van der Waals surface area contributed by atoms with Gasteiger partial charge in [-0.25, -0.2) is 0 Å². The van der Waals surface area contributed by atoms with Gasteiger partial charge >= 0.3 is 5.97 Å². The first kappa shape index (κ1) is 14.4. The van der Waals surface area contributed by atoms with Crippen molar-refractivity contribution < 1.29 is 14.6 Å². The molecule has 3 rings (SSSR count). The highest BCUT2D eigenvalue weighted by molar-refractivity contribution is 5.66. The van der Waals surface area contributed by atoms with E-state index in [0.29, 0.717) is 6.54 Å². The summed E-state index contributed by atoms with van der Waals surface area (Å²) in [6.07, 6.45) is 4.38. The molecule has 2 heterocycles. The number of likely N-dealkylation sites (tertiary alicyclic amines) is 1. The van der Waals surface area contributed by atoms with Gasteiger partial charge in [-0.05, 0) is 36.5 Å². The van der Waals surface area contributed by atoms with Crippen molar-refractivity contribution in [3.05, 3.63) is 29.3 Å². The molecule has 0 aliphatic carbocycles. The molecule has 0 aromatic heterocycles. The van der Waals surface area contributed by atoms with E-state index in [1.807, 2.05) is 0 Å². The monoisotopic (exact) mass is 289 g/mol. The smallest absolute Gasteiger partial charge is 0.304 e. The normalized spacial score (nSPS) is 24.8. The van der Waals surface area contributed by atoms with Crippen LogP contribution >= 0.6 is 0 Å². The van der Waals surface area contributed by atoms with Crippen LogP contribution in [0.3, 0.4) is 0 Å². The second-order valence-electron chi connectivity index (χ2n) is 6.25. The fourth-order valence-corrected chi connectivity index (χ4v) is 3.45. The van der Waals surface area contributed by atoms with Crippen LogP contribution in [0.15, 0.2) is 18.2 Å². The number of aryl methyl sites for hydroxylation is 2. The number of rotatable bonds is 4. The van der Waals surface area contributed by atoms with E-state index in [0.717, 1.165) is 44.5 Å². The SMILES string of the molecule is CCc1ccc2c(c1)CCC1(CCN(CCC(=O)O)C1)O2. The fraction of sp³-hybridized carbons (Fsp3) is 0.588. The lowest BCUT2D eigenvalue weighted by Crippen LogP contribution is -2.42. The van der Waals surface area contributed by atoms with E-state index < -0.39 is 5.97 Å². The van der Waals surface area contributed by atoms with Gasteiger partial charge in [-0.2, -0.15) is 0 Å². The molecule has 0 amide bonds. The van der Waals surface area contributed by atoms with Crippen LogP contribution in [0.1, 0.15) is 37.3 Å². The van der Waals surface area contributed by atoms with Crippen molar-refractivity contribution in [2.75, 3.05) is 19.6 Å². The quantitative estimate of drug-likeness (QED) is 0.925. The van der Waals surface area contributed by atoms with Gasteiger partial charge in [-0.3, -0.25) is 9.69 Å². The van der Waals surface area contributed by atoms with Crippen LogP contribution < -0.4 is 4.74 Å². The van der Waals surface area contributed by atoms with Crippen molar-refractivity contribution in [3.63, 3.8) is 0 Å². The molecule has 1 aromatic carbocycles. The number of carbonyl (C=O) groups is 1. The van der Waals surface area contributed by atoms with Gasteiger partial charge in [0.1, 0.15) is 11.4 Å². The lowest BCUT2D eigenvalue weighted by Gasteiger charge is -2.36. The van der Waals surface area contributed by atoms with Crippen LogP contribution in [0, 0.1) is 0 Å². The number of fused-ring (bicyclic) bond motifs is 1. The van der Waals surface area contributed by atoms with E-state index >= 15 is 0 Å². The highest BCUT2D eigenvalue weighted by Gasteiger charge is 2.42. The van der Waals surface area contributed by atoms with Gasteiger partial charge < -0.3 is 9.84 Å². The minimum Gasteiger partial charge on any atom is -0.486 e. The Bertz CT molecular complexity index is 543. The van der Waals surface area contributed by atoms with Gasteiger partial charge in [0.25, 0.3) is 0 Å². The summed E-state index contributed by atoms with van der Waals surface area (Å²) in [6, 6.07) is 6.52. The standard InChI is InChI=1S/C17H23NO3/c1-2-13-3-4-15-14(11-13)5-7-17(21-15)8-10-18(12-17)9-6-16(19)20/h3-4,11H,2,5-10,12H2,1H3,(H,19,20). The largest absolute Gasteiger partial charge is 0.486 e. The van der Waals surface area contributed by atoms with Crippen LogP contribution in [-0.2, 0) is 17.6 Å². The Morgan fingerprint density at radius 2 is 2.29 bits per heavy atom. The van der Waals surface area contributed by atoms with E-state index in [-0.39, 0.29) is 12.0 Å². The lowest BCUT2D eigenvalue weighted by atomic mass is 9.89. The van der Waals surface area contributed by atoms with Crippen molar-refractivity contribution in [1.29, 1.82) is 0 Å². The topological polar surface area (TPSA) is 49.8 Å². The number of carboxylic acids is 1. The van der Waals surface area contributed by atoms with E-state index in [4.69, 9.17) is 9.84 Å². The first-order valence-corrected chi connectivity index (χ1v) is 7.85. The third kappa shape index (κ3) is 3.05. The Hall–Kier alpha value is -1.55. The van der Waals surface area contributed by atoms with Gasteiger partial charge in [-0.15, -0.1) is 0 Å². The van der Waals surface area contributed by atoms with E-state index in [9.17, 15) is 4.79 Å². The minimum atomic E-state index is -0.724. The fourth-order valence-electron chi connectivity index (χ4n) is 3.45. The number of aliphatic carboxylic acids is 1. The Morgan fingerprint density at radius 3 is 3.05 bits per heavy atom. The third-order valence-corrected chi connectivity index (χ3v) is 4.75. The Balaban J connectivity index is 1.67. The molecule has 2 aliphatic heterocycles. The molecule has 0 radical (unpaired) electrons. The zero-order valence-corrected chi connectivity index (χ0v) is 12.6. The molecule has 4 nitrogen and oxygen atoms in total. The van der Waals surface area contributed by atoms with Crippen LogP contribution in [0.5, 0.6) is 5.75 Å². The number of ether oxygens (including phenoxy) is 1. The molecular formula is C17H23NO3. The summed E-state index contributed by atoms with van der Waals surface area (Å²) < 4.78 is 6.33. The highest BCUT2D eigenvalue weighted by Crippen LogP contribution is 2.39. The molecule has 0 bridgehead atoms. The number of carboxylic acid groups (broad SMARTS) is 1. The maximum atomic E-state index is 10.7. The maximum absolute atomic E-state index is 10.7. The predicted molar refractivity (Wildman–Crippen MR) is 80.8 cm³/mol. The number of hydrogen-bond acceptors (Lipinski definition) is 3. The molecule has 1 spiro atoms. The van der Waals surface area contributed by atoms with Gasteiger partial charge in [-0.1, -0.05) is 19.1 Å². The van der Waals surface area contributed by atoms with Crippen molar-refractivity contribution in [2.24, 2.45) is 0 Å². The first-order chi connectivity index (χ1) is 10.1. The van der Waals surface area contributed by atoms with E-state index in [2.05, 4.69) is 30.0 Å². The molecule has 21 heavy (non-hydrogen) atoms. The summed E-state index contributed by atoms with van der Waals surface area (Å²) in [7, 11) is 0. The summed E-state index contributed by atoms with van der Waals surface area (Å²) in [5.74, 6) is 0.302. The van der Waals surface area contributed by atoms with Gasteiger partial charge in [0.2, 0.25) is 0 Å². The van der Waals surface area contributed by atoms with Gasteiger partial charge in [0.05, 0.1) is 6.42 Å². The number of benzene rings is 1. The maximum Gasteiger partial charge on any atom is 0.304 e. The first-order valence-electron chi connectivity index (χ1n) is 7.85. The minimum absolute atomic E-state index is 0.0980. The molecule has 1 unspecified atom stereocenters. The molecule has 114 valence electrons. The average Bonchev–Trinajstić information content (AvgIpc) is 2.87. The van der Waals surface area contributed by atoms with Crippen LogP contribution in [0.4, 0.5) is 0 Å². The Kier molecular flexibility index (Phi) is 3.89. The van der Waals surface area contributed by atoms with E-state index in [1.54, 1.807) is 0 Å². The zero-order valence-electron chi connectivity index (χ0n) is 12.6. The van der Waals surface area contributed by atoms with Crippen molar-refractivity contribution in [2.45, 2.75) is 44.6 Å². The van der Waals surface area contributed by atoms with Gasteiger partial charge in [0.15, 0.2) is 0 Å². The molecule has 1 atom stereocenters. The molecule has 4 heteroatoms. The van der Waals surface area contributed by atoms with Crippen LogP contribution in [0.25, 0.3) is 0 Å².